The largest absolute Gasteiger partial charge is 0.494 e. The second kappa shape index (κ2) is 38.7. The Morgan fingerprint density at radius 1 is 0.744 bits per heavy atom. The van der Waals surface area contributed by atoms with Crippen LogP contribution in [0.3, 0.4) is 0 Å². The predicted molar refractivity (Wildman–Crippen MR) is 304 cm³/mol. The molecule has 5 atom stereocenters. The molecule has 434 valence electrons. The van der Waals surface area contributed by atoms with Gasteiger partial charge in [0.25, 0.3) is 5.91 Å². The standard InChI is InChI=1S/C39H53N3O8S.C10H20N2O.C10H16O4/c1-28(2)36(43)48-19-20-49-38(45)42-25-31-9-6-8-30(22-31)24-41-37(44)39(3,4)50-35(26-46-5)27-51-21-7-18-47-34-16-14-33(15-17-34)32-12-10-29(23-40)11-13-32;1-11-6-9-3-2-4-10(5-9)7-12-8-13;1-8(2)9(12)13-5-6-14-10(3,4)7-11/h10-17,30-31,35H,1,6-9,18-22,24-27H2,2-5H3,(H,41,44)(H,42,45);8-11H,2-7H2,1H3,(H,12,13);7H,1,5-6H2,2-4H3. The van der Waals surface area contributed by atoms with E-state index in [1.807, 2.05) is 55.6 Å². The quantitative estimate of drug-likeness (QED) is 0.0178. The van der Waals surface area contributed by atoms with E-state index < -0.39 is 29.2 Å². The van der Waals surface area contributed by atoms with E-state index in [0.29, 0.717) is 66.9 Å². The van der Waals surface area contributed by atoms with Crippen molar-refractivity contribution in [1.82, 2.24) is 21.3 Å². The van der Waals surface area contributed by atoms with Gasteiger partial charge in [0.2, 0.25) is 6.41 Å². The number of esters is 2. The minimum Gasteiger partial charge on any atom is -0.494 e. The highest BCUT2D eigenvalue weighted by atomic mass is 32.2. The number of thioether (sulfide) groups is 1. The van der Waals surface area contributed by atoms with Gasteiger partial charge in [-0.15, -0.1) is 0 Å². The van der Waals surface area contributed by atoms with Gasteiger partial charge in [-0.1, -0.05) is 50.3 Å². The molecule has 0 spiro atoms. The Labute approximate surface area is 468 Å². The third-order valence-corrected chi connectivity index (χ3v) is 13.9. The van der Waals surface area contributed by atoms with E-state index in [2.05, 4.69) is 40.5 Å². The number of amides is 3. The smallest absolute Gasteiger partial charge is 0.407 e. The molecule has 2 aliphatic rings. The number of carbonyl (C=O) groups is 6. The van der Waals surface area contributed by atoms with Crippen LogP contribution >= 0.6 is 11.8 Å². The summed E-state index contributed by atoms with van der Waals surface area (Å²) in [6.45, 7) is 21.2. The molecule has 2 aliphatic carbocycles. The Bertz CT molecular complexity index is 2160. The molecule has 78 heavy (non-hydrogen) atoms. The van der Waals surface area contributed by atoms with Crippen molar-refractivity contribution in [1.29, 1.82) is 5.26 Å². The molecule has 0 radical (unpaired) electrons. The summed E-state index contributed by atoms with van der Waals surface area (Å²) in [6.07, 6.45) is 10.7. The fourth-order valence-electron chi connectivity index (χ4n) is 8.59. The lowest BCUT2D eigenvalue weighted by Gasteiger charge is -2.32. The highest BCUT2D eigenvalue weighted by Gasteiger charge is 2.33. The molecule has 2 aromatic rings. The van der Waals surface area contributed by atoms with Crippen molar-refractivity contribution < 1.29 is 61.9 Å². The number of hydrogen-bond donors (Lipinski definition) is 4. The molecule has 4 N–H and O–H groups in total. The number of ether oxygens (including phenoxy) is 7. The van der Waals surface area contributed by atoms with E-state index in [9.17, 15) is 28.8 Å². The van der Waals surface area contributed by atoms with Crippen LogP contribution in [0.5, 0.6) is 5.75 Å². The Morgan fingerprint density at radius 3 is 1.79 bits per heavy atom. The normalized spacial score (nSPS) is 17.3. The SMILES string of the molecule is C=C(C)C(=O)OCCOC(=O)NCC1CCCC(CNC(=O)C(C)(C)OC(COC)CSCCCOc2ccc(-c3ccc(C#N)cc3)cc2)C1.C=C(C)C(=O)OCCOC(C)(C)C=O.CNCC1CCCC(CNC=O)C1. The van der Waals surface area contributed by atoms with Crippen LogP contribution in [-0.2, 0) is 52.4 Å². The van der Waals surface area contributed by atoms with Crippen molar-refractivity contribution in [2.24, 2.45) is 23.7 Å². The van der Waals surface area contributed by atoms with E-state index in [4.69, 9.17) is 38.4 Å². The van der Waals surface area contributed by atoms with Gasteiger partial charge in [0.1, 0.15) is 36.8 Å². The van der Waals surface area contributed by atoms with Crippen molar-refractivity contribution in [3.63, 3.8) is 0 Å². The monoisotopic (exact) mass is 1110 g/mol. The first-order chi connectivity index (χ1) is 37.3. The molecule has 0 aliphatic heterocycles. The molecule has 0 bridgehead atoms. The van der Waals surface area contributed by atoms with Crippen molar-refractivity contribution >= 4 is 48.4 Å². The van der Waals surface area contributed by atoms with E-state index >= 15 is 0 Å². The number of nitrogens with one attached hydrogen (secondary N) is 4. The summed E-state index contributed by atoms with van der Waals surface area (Å²) in [5, 5.41) is 20.9. The molecule has 2 saturated carbocycles. The molecule has 2 fully saturated rings. The number of nitriles is 1. The number of methoxy groups -OCH3 is 1. The number of alkyl carbamates (subject to hydrolysis) is 1. The molecule has 5 unspecified atom stereocenters. The van der Waals surface area contributed by atoms with E-state index in [0.717, 1.165) is 80.2 Å². The maximum atomic E-state index is 13.2. The summed E-state index contributed by atoms with van der Waals surface area (Å²) in [6, 6.07) is 17.6. The molecular formula is C59H89N5O13S. The maximum Gasteiger partial charge on any atom is 0.407 e. The van der Waals surface area contributed by atoms with Gasteiger partial charge in [0.05, 0.1) is 37.6 Å². The van der Waals surface area contributed by atoms with Crippen LogP contribution in [-0.4, -0.2) is 145 Å². The third kappa shape index (κ3) is 29.8. The zero-order valence-electron chi connectivity index (χ0n) is 47.6. The molecule has 19 heteroatoms. The molecule has 0 saturated heterocycles. The lowest BCUT2D eigenvalue weighted by atomic mass is 9.81. The first kappa shape index (κ1) is 68.3. The highest BCUT2D eigenvalue weighted by molar-refractivity contribution is 7.99. The average molecular weight is 1110 g/mol. The summed E-state index contributed by atoms with van der Waals surface area (Å²) >= 11 is 1.74. The maximum absolute atomic E-state index is 13.2. The van der Waals surface area contributed by atoms with Crippen molar-refractivity contribution in [3.05, 3.63) is 78.4 Å². The van der Waals surface area contributed by atoms with E-state index in [-0.39, 0.29) is 44.4 Å². The van der Waals surface area contributed by atoms with Gasteiger partial charge < -0.3 is 59.2 Å². The second-order valence-corrected chi connectivity index (χ2v) is 21.9. The molecule has 4 rings (SSSR count). The van der Waals surface area contributed by atoms with Gasteiger partial charge >= 0.3 is 18.0 Å². The van der Waals surface area contributed by atoms with Crippen molar-refractivity contribution in [2.45, 2.75) is 117 Å². The summed E-state index contributed by atoms with van der Waals surface area (Å²) in [5.74, 6) is 3.35. The number of aldehydes is 1. The first-order valence-corrected chi connectivity index (χ1v) is 28.2. The first-order valence-electron chi connectivity index (χ1n) is 27.0. The Morgan fingerprint density at radius 2 is 1.27 bits per heavy atom. The van der Waals surface area contributed by atoms with Crippen LogP contribution in [0.25, 0.3) is 11.1 Å². The summed E-state index contributed by atoms with van der Waals surface area (Å²) in [5.41, 5.74) is 1.54. The van der Waals surface area contributed by atoms with Gasteiger partial charge in [0, 0.05) is 43.6 Å². The lowest BCUT2D eigenvalue weighted by Crippen LogP contribution is -2.49. The van der Waals surface area contributed by atoms with Gasteiger partial charge in [-0.05, 0) is 165 Å². The van der Waals surface area contributed by atoms with Crippen LogP contribution < -0.4 is 26.0 Å². The molecular weight excluding hydrogens is 1020 g/mol. The summed E-state index contributed by atoms with van der Waals surface area (Å²) < 4.78 is 37.5. The number of carbonyl (C=O) groups excluding carboxylic acids is 6. The third-order valence-electron chi connectivity index (χ3n) is 12.7. The fraction of sp³-hybridized carbons (Fsp3) is 0.610. The minimum absolute atomic E-state index is 0.0222. The Kier molecular flexibility index (Phi) is 33.9. The Balaban J connectivity index is 0.000000623. The number of benzene rings is 2. The summed E-state index contributed by atoms with van der Waals surface area (Å²) in [4.78, 5) is 68.1. The van der Waals surface area contributed by atoms with Gasteiger partial charge in [-0.2, -0.15) is 17.0 Å². The van der Waals surface area contributed by atoms with Gasteiger partial charge in [0.15, 0.2) is 6.29 Å². The predicted octanol–water partition coefficient (Wildman–Crippen LogP) is 8.16. The van der Waals surface area contributed by atoms with Crippen LogP contribution in [0.15, 0.2) is 72.8 Å². The number of hydrogen-bond acceptors (Lipinski definition) is 16. The van der Waals surface area contributed by atoms with Crippen LogP contribution in [0, 0.1) is 35.0 Å². The molecule has 2 aromatic carbocycles. The molecule has 0 heterocycles. The molecule has 18 nitrogen and oxygen atoms in total. The van der Waals surface area contributed by atoms with Gasteiger partial charge in [-0.3, -0.25) is 9.59 Å². The zero-order valence-corrected chi connectivity index (χ0v) is 48.4. The average Bonchev–Trinajstić information content (AvgIpc) is 3.43. The summed E-state index contributed by atoms with van der Waals surface area (Å²) in [7, 11) is 3.64. The second-order valence-electron chi connectivity index (χ2n) is 20.7. The van der Waals surface area contributed by atoms with E-state index in [1.165, 1.54) is 25.7 Å². The van der Waals surface area contributed by atoms with Crippen molar-refractivity contribution in [3.8, 4) is 22.9 Å². The zero-order chi connectivity index (χ0) is 57.8. The molecule has 3 amide bonds. The fourth-order valence-corrected chi connectivity index (χ4v) is 9.50. The number of rotatable bonds is 32. The lowest BCUT2D eigenvalue weighted by molar-refractivity contribution is -0.151. The highest BCUT2D eigenvalue weighted by Crippen LogP contribution is 2.30. The minimum atomic E-state index is -1.03. The van der Waals surface area contributed by atoms with Crippen LogP contribution in [0.1, 0.15) is 105 Å². The topological polar surface area (TPSA) is 239 Å². The van der Waals surface area contributed by atoms with Gasteiger partial charge in [-0.25, -0.2) is 14.4 Å². The Hall–Kier alpha value is -5.78. The van der Waals surface area contributed by atoms with Crippen LogP contribution in [0.2, 0.25) is 0 Å². The van der Waals surface area contributed by atoms with Crippen LogP contribution in [0.4, 0.5) is 4.79 Å². The molecule has 0 aromatic heterocycles. The number of nitrogens with zero attached hydrogens (tertiary/aromatic N) is 1. The van der Waals surface area contributed by atoms with Crippen molar-refractivity contribution in [2.75, 3.05) is 91.5 Å². The van der Waals surface area contributed by atoms with E-state index in [1.54, 1.807) is 60.4 Å².